The van der Waals surface area contributed by atoms with E-state index in [1.54, 1.807) is 18.2 Å². The molecule has 1 saturated heterocycles. The number of nitrogens with zero attached hydrogens (tertiary/aromatic N) is 2. The van der Waals surface area contributed by atoms with Crippen LogP contribution in [0, 0.1) is 0 Å². The summed E-state index contributed by atoms with van der Waals surface area (Å²) in [5.74, 6) is -1.41. The quantitative estimate of drug-likeness (QED) is 0.867. The van der Waals surface area contributed by atoms with Gasteiger partial charge in [-0.1, -0.05) is 12.1 Å². The van der Waals surface area contributed by atoms with Crippen molar-refractivity contribution in [3.63, 3.8) is 0 Å². The van der Waals surface area contributed by atoms with Crippen LogP contribution in [0.15, 0.2) is 34.9 Å². The third-order valence-electron chi connectivity index (χ3n) is 4.24. The Labute approximate surface area is 138 Å². The van der Waals surface area contributed by atoms with Gasteiger partial charge in [-0.15, -0.1) is 0 Å². The second kappa shape index (κ2) is 6.84. The number of likely N-dealkylation sites (tertiary alicyclic amines) is 1. The number of hydrogen-bond donors (Lipinski definition) is 2. The maximum atomic E-state index is 11.1. The van der Waals surface area contributed by atoms with Gasteiger partial charge in [-0.05, 0) is 43.0 Å². The first-order chi connectivity index (χ1) is 11.5. The number of carbonyl (C=O) groups is 2. The smallest absolute Gasteiger partial charge is 0.357 e. The molecule has 1 unspecified atom stereocenters. The van der Waals surface area contributed by atoms with Crippen molar-refractivity contribution in [2.24, 2.45) is 0 Å². The van der Waals surface area contributed by atoms with Gasteiger partial charge in [-0.2, -0.15) is 0 Å². The van der Waals surface area contributed by atoms with Crippen LogP contribution >= 0.6 is 0 Å². The molecular formula is C17H18N2O5. The normalized spacial score (nSPS) is 18.4. The maximum absolute atomic E-state index is 11.1. The van der Waals surface area contributed by atoms with Crippen molar-refractivity contribution < 1.29 is 24.2 Å². The molecule has 0 spiro atoms. The highest BCUT2D eigenvalue weighted by Gasteiger charge is 2.23. The van der Waals surface area contributed by atoms with Gasteiger partial charge < -0.3 is 14.6 Å². The van der Waals surface area contributed by atoms with Crippen molar-refractivity contribution in [3.8, 4) is 0 Å². The largest absolute Gasteiger partial charge is 0.478 e. The number of aromatic carboxylic acids is 2. The average molecular weight is 330 g/mol. The zero-order valence-electron chi connectivity index (χ0n) is 13.0. The Morgan fingerprint density at radius 3 is 2.83 bits per heavy atom. The first-order valence-corrected chi connectivity index (χ1v) is 7.76. The molecule has 1 fully saturated rings. The SMILES string of the molecule is O=C(O)c1cccc(C2CCCN(Cc3nc(C(=O)O)co3)C2)c1. The Morgan fingerprint density at radius 1 is 1.29 bits per heavy atom. The topological polar surface area (TPSA) is 104 Å². The summed E-state index contributed by atoms with van der Waals surface area (Å²) in [6, 6.07) is 7.04. The van der Waals surface area contributed by atoms with Crippen LogP contribution in [0.2, 0.25) is 0 Å². The van der Waals surface area contributed by atoms with Gasteiger partial charge in [0.25, 0.3) is 0 Å². The van der Waals surface area contributed by atoms with E-state index in [9.17, 15) is 9.59 Å². The fraction of sp³-hybridized carbons (Fsp3) is 0.353. The number of aromatic nitrogens is 1. The first-order valence-electron chi connectivity index (χ1n) is 7.76. The Kier molecular flexibility index (Phi) is 4.61. The van der Waals surface area contributed by atoms with E-state index in [1.807, 2.05) is 6.07 Å². The molecule has 0 amide bonds. The molecule has 1 aromatic carbocycles. The molecule has 2 N–H and O–H groups in total. The lowest BCUT2D eigenvalue weighted by Gasteiger charge is -2.32. The summed E-state index contributed by atoms with van der Waals surface area (Å²) in [5.41, 5.74) is 1.22. The second-order valence-corrected chi connectivity index (χ2v) is 5.94. The molecule has 3 rings (SSSR count). The molecule has 0 saturated carbocycles. The lowest BCUT2D eigenvalue weighted by Crippen LogP contribution is -2.34. The number of benzene rings is 1. The van der Waals surface area contributed by atoms with Crippen LogP contribution in [0.4, 0.5) is 0 Å². The third-order valence-corrected chi connectivity index (χ3v) is 4.24. The molecular weight excluding hydrogens is 312 g/mol. The van der Waals surface area contributed by atoms with Gasteiger partial charge in [-0.25, -0.2) is 14.6 Å². The van der Waals surface area contributed by atoms with Gasteiger partial charge in [0.1, 0.15) is 6.26 Å². The molecule has 0 radical (unpaired) electrons. The van der Waals surface area contributed by atoms with E-state index in [-0.39, 0.29) is 11.6 Å². The Balaban J connectivity index is 1.68. The van der Waals surface area contributed by atoms with Crippen LogP contribution in [-0.2, 0) is 6.54 Å². The molecule has 2 aromatic rings. The van der Waals surface area contributed by atoms with Crippen molar-refractivity contribution >= 4 is 11.9 Å². The molecule has 126 valence electrons. The fourth-order valence-electron chi connectivity index (χ4n) is 3.07. The van der Waals surface area contributed by atoms with Gasteiger partial charge in [-0.3, -0.25) is 4.90 Å². The summed E-state index contributed by atoms with van der Waals surface area (Å²) in [4.78, 5) is 28.1. The highest BCUT2D eigenvalue weighted by Crippen LogP contribution is 2.28. The monoisotopic (exact) mass is 330 g/mol. The summed E-state index contributed by atoms with van der Waals surface area (Å²) < 4.78 is 5.21. The van der Waals surface area contributed by atoms with Gasteiger partial charge in [0.05, 0.1) is 12.1 Å². The zero-order chi connectivity index (χ0) is 17.1. The number of carboxylic acid groups (broad SMARTS) is 2. The third kappa shape index (κ3) is 3.62. The van der Waals surface area contributed by atoms with Crippen LogP contribution in [0.1, 0.15) is 51.1 Å². The number of oxazole rings is 1. The summed E-state index contributed by atoms with van der Waals surface area (Å²) >= 11 is 0. The number of hydrogen-bond acceptors (Lipinski definition) is 5. The van der Waals surface area contributed by atoms with Crippen molar-refractivity contribution in [2.45, 2.75) is 25.3 Å². The van der Waals surface area contributed by atoms with Crippen molar-refractivity contribution in [3.05, 3.63) is 53.2 Å². The minimum Gasteiger partial charge on any atom is -0.478 e. The fourth-order valence-corrected chi connectivity index (χ4v) is 3.07. The van der Waals surface area contributed by atoms with Crippen LogP contribution in [0.5, 0.6) is 0 Å². The van der Waals surface area contributed by atoms with Crippen LogP contribution < -0.4 is 0 Å². The lowest BCUT2D eigenvalue weighted by molar-refractivity contribution is 0.0682. The molecule has 1 atom stereocenters. The lowest BCUT2D eigenvalue weighted by atomic mass is 9.89. The molecule has 0 aliphatic carbocycles. The molecule has 2 heterocycles. The molecule has 24 heavy (non-hydrogen) atoms. The average Bonchev–Trinajstić information content (AvgIpc) is 3.04. The minimum absolute atomic E-state index is 0.0901. The van der Waals surface area contributed by atoms with E-state index < -0.39 is 11.9 Å². The summed E-state index contributed by atoms with van der Waals surface area (Å²) in [6.07, 6.45) is 3.12. The Morgan fingerprint density at radius 2 is 2.12 bits per heavy atom. The van der Waals surface area contributed by atoms with Crippen LogP contribution in [-0.4, -0.2) is 45.1 Å². The summed E-state index contributed by atoms with van der Waals surface area (Å²) in [7, 11) is 0. The predicted octanol–water partition coefficient (Wildman–Crippen LogP) is 2.45. The van der Waals surface area contributed by atoms with Crippen molar-refractivity contribution in [1.82, 2.24) is 9.88 Å². The Bertz CT molecular complexity index is 755. The van der Waals surface area contributed by atoms with Gasteiger partial charge in [0.15, 0.2) is 5.69 Å². The van der Waals surface area contributed by atoms with E-state index in [1.165, 1.54) is 0 Å². The summed E-state index contributed by atoms with van der Waals surface area (Å²) in [5, 5.41) is 18.0. The zero-order valence-corrected chi connectivity index (χ0v) is 13.0. The minimum atomic E-state index is -1.10. The molecule has 7 heteroatoms. The highest BCUT2D eigenvalue weighted by molar-refractivity contribution is 5.87. The van der Waals surface area contributed by atoms with E-state index in [0.29, 0.717) is 18.0 Å². The van der Waals surface area contributed by atoms with Crippen molar-refractivity contribution in [1.29, 1.82) is 0 Å². The van der Waals surface area contributed by atoms with E-state index in [0.717, 1.165) is 37.8 Å². The van der Waals surface area contributed by atoms with E-state index in [4.69, 9.17) is 14.6 Å². The van der Waals surface area contributed by atoms with Gasteiger partial charge in [0, 0.05) is 6.54 Å². The van der Waals surface area contributed by atoms with Crippen LogP contribution in [0.25, 0.3) is 0 Å². The van der Waals surface area contributed by atoms with Gasteiger partial charge in [0.2, 0.25) is 5.89 Å². The molecule has 0 bridgehead atoms. The van der Waals surface area contributed by atoms with E-state index in [2.05, 4.69) is 9.88 Å². The molecule has 1 aliphatic rings. The second-order valence-electron chi connectivity index (χ2n) is 5.94. The van der Waals surface area contributed by atoms with Gasteiger partial charge >= 0.3 is 11.9 Å². The number of carboxylic acids is 2. The standard InChI is InChI=1S/C17H18N2O5/c20-16(21)12-4-1-3-11(7-12)13-5-2-6-19(8-13)9-15-18-14(10-24-15)17(22)23/h1,3-4,7,10,13H,2,5-6,8-9H2,(H,20,21)(H,22,23). The number of piperidine rings is 1. The van der Waals surface area contributed by atoms with Crippen molar-refractivity contribution in [2.75, 3.05) is 13.1 Å². The highest BCUT2D eigenvalue weighted by atomic mass is 16.4. The molecule has 7 nitrogen and oxygen atoms in total. The molecule has 1 aliphatic heterocycles. The number of rotatable bonds is 5. The maximum Gasteiger partial charge on any atom is 0.357 e. The van der Waals surface area contributed by atoms with E-state index >= 15 is 0 Å². The van der Waals surface area contributed by atoms with Crippen LogP contribution in [0.3, 0.4) is 0 Å². The first kappa shape index (κ1) is 16.2. The summed E-state index contributed by atoms with van der Waals surface area (Å²) in [6.45, 7) is 2.08. The Hall–Kier alpha value is -2.67. The molecule has 1 aromatic heterocycles. The predicted molar refractivity (Wildman–Crippen MR) is 84.1 cm³/mol.